The van der Waals surface area contributed by atoms with E-state index in [2.05, 4.69) is 60.4 Å². The Morgan fingerprint density at radius 3 is 2.22 bits per heavy atom. The smallest absolute Gasteiger partial charge is 0.0648 e. The summed E-state index contributed by atoms with van der Waals surface area (Å²) < 4.78 is 0. The SMILES string of the molecule is CCN1/C(=C\N)c2ccccc2-c2ccccc21. The zero-order chi connectivity index (χ0) is 12.5. The number of nitrogens with two attached hydrogens (primary N) is 1. The first-order chi connectivity index (χ1) is 8.86. The minimum atomic E-state index is 0.911. The molecule has 90 valence electrons. The largest absolute Gasteiger partial charge is 0.403 e. The van der Waals surface area contributed by atoms with Crippen LogP contribution in [0.2, 0.25) is 0 Å². The van der Waals surface area contributed by atoms with E-state index in [1.165, 1.54) is 22.4 Å². The molecule has 0 aliphatic carbocycles. The Balaban J connectivity index is 2.34. The van der Waals surface area contributed by atoms with E-state index in [4.69, 9.17) is 5.73 Å². The maximum absolute atomic E-state index is 5.84. The molecule has 0 amide bonds. The quantitative estimate of drug-likeness (QED) is 0.821. The van der Waals surface area contributed by atoms with Crippen molar-refractivity contribution in [2.75, 3.05) is 11.4 Å². The predicted molar refractivity (Wildman–Crippen MR) is 77.1 cm³/mol. The van der Waals surface area contributed by atoms with Crippen LogP contribution in [-0.4, -0.2) is 6.54 Å². The van der Waals surface area contributed by atoms with Crippen LogP contribution in [0.5, 0.6) is 0 Å². The van der Waals surface area contributed by atoms with Crippen LogP contribution in [0.3, 0.4) is 0 Å². The van der Waals surface area contributed by atoms with Gasteiger partial charge in [0.1, 0.15) is 0 Å². The van der Waals surface area contributed by atoms with E-state index in [-0.39, 0.29) is 0 Å². The van der Waals surface area contributed by atoms with Crippen LogP contribution in [0, 0.1) is 0 Å². The third-order valence-electron chi connectivity index (χ3n) is 3.45. The summed E-state index contributed by atoms with van der Waals surface area (Å²) in [5, 5.41) is 0. The average Bonchev–Trinajstić information content (AvgIpc) is 2.45. The van der Waals surface area contributed by atoms with Gasteiger partial charge in [0.15, 0.2) is 0 Å². The molecule has 1 aliphatic heterocycles. The maximum atomic E-state index is 5.84. The monoisotopic (exact) mass is 236 g/mol. The number of anilines is 1. The standard InChI is InChI=1S/C16H16N2/c1-2-18-15-10-6-5-8-13(15)12-7-3-4-9-14(12)16(18)11-17/h3-11H,2,17H2,1H3/b16-11-. The molecule has 3 rings (SSSR count). The van der Waals surface area contributed by atoms with Gasteiger partial charge in [-0.25, -0.2) is 0 Å². The fraction of sp³-hybridized carbons (Fsp3) is 0.125. The predicted octanol–water partition coefficient (Wildman–Crippen LogP) is 3.45. The van der Waals surface area contributed by atoms with E-state index in [1.54, 1.807) is 6.20 Å². The lowest BCUT2D eigenvalue weighted by atomic mass is 9.91. The zero-order valence-corrected chi connectivity index (χ0v) is 10.4. The van der Waals surface area contributed by atoms with Crippen molar-refractivity contribution < 1.29 is 0 Å². The van der Waals surface area contributed by atoms with Crippen LogP contribution in [0.25, 0.3) is 16.8 Å². The molecule has 1 heterocycles. The van der Waals surface area contributed by atoms with Gasteiger partial charge in [-0.15, -0.1) is 0 Å². The number of para-hydroxylation sites is 1. The molecule has 2 nitrogen and oxygen atoms in total. The van der Waals surface area contributed by atoms with Crippen molar-refractivity contribution in [2.45, 2.75) is 6.92 Å². The molecule has 0 radical (unpaired) electrons. The molecule has 2 heteroatoms. The van der Waals surface area contributed by atoms with Crippen molar-refractivity contribution in [1.82, 2.24) is 0 Å². The van der Waals surface area contributed by atoms with Crippen LogP contribution in [0.15, 0.2) is 54.7 Å². The molecular weight excluding hydrogens is 220 g/mol. The van der Waals surface area contributed by atoms with E-state index in [1.807, 2.05) is 0 Å². The number of nitrogens with zero attached hydrogens (tertiary/aromatic N) is 1. The normalized spacial score (nSPS) is 15.4. The number of hydrogen-bond donors (Lipinski definition) is 1. The van der Waals surface area contributed by atoms with Crippen molar-refractivity contribution in [2.24, 2.45) is 5.73 Å². The second kappa shape index (κ2) is 4.22. The van der Waals surface area contributed by atoms with Crippen molar-refractivity contribution in [3.8, 4) is 11.1 Å². The number of rotatable bonds is 1. The van der Waals surface area contributed by atoms with E-state index in [0.29, 0.717) is 0 Å². The summed E-state index contributed by atoms with van der Waals surface area (Å²) in [7, 11) is 0. The molecular formula is C16H16N2. The second-order valence-electron chi connectivity index (χ2n) is 4.36. The third-order valence-corrected chi connectivity index (χ3v) is 3.45. The highest BCUT2D eigenvalue weighted by Gasteiger charge is 2.24. The maximum Gasteiger partial charge on any atom is 0.0648 e. The summed E-state index contributed by atoms with van der Waals surface area (Å²) in [4.78, 5) is 2.26. The van der Waals surface area contributed by atoms with Gasteiger partial charge in [0.05, 0.1) is 5.70 Å². The van der Waals surface area contributed by atoms with Crippen LogP contribution < -0.4 is 10.6 Å². The Bertz CT molecular complexity index is 614. The molecule has 1 aliphatic rings. The molecule has 0 spiro atoms. The number of hydrogen-bond acceptors (Lipinski definition) is 2. The summed E-state index contributed by atoms with van der Waals surface area (Å²) >= 11 is 0. The van der Waals surface area contributed by atoms with Gasteiger partial charge >= 0.3 is 0 Å². The van der Waals surface area contributed by atoms with Gasteiger partial charge in [-0.05, 0) is 18.6 Å². The minimum absolute atomic E-state index is 0.911. The van der Waals surface area contributed by atoms with Crippen molar-refractivity contribution >= 4 is 11.4 Å². The van der Waals surface area contributed by atoms with Gasteiger partial charge in [0.25, 0.3) is 0 Å². The van der Waals surface area contributed by atoms with Gasteiger partial charge in [0.2, 0.25) is 0 Å². The van der Waals surface area contributed by atoms with E-state index in [9.17, 15) is 0 Å². The van der Waals surface area contributed by atoms with Crippen molar-refractivity contribution in [3.05, 3.63) is 60.3 Å². The highest BCUT2D eigenvalue weighted by Crippen LogP contribution is 2.43. The first-order valence-electron chi connectivity index (χ1n) is 6.25. The Hall–Kier alpha value is -2.22. The van der Waals surface area contributed by atoms with Gasteiger partial charge in [-0.2, -0.15) is 0 Å². The third kappa shape index (κ3) is 1.42. The molecule has 0 saturated carbocycles. The highest BCUT2D eigenvalue weighted by molar-refractivity contribution is 5.98. The summed E-state index contributed by atoms with van der Waals surface area (Å²) in [6.07, 6.45) is 1.71. The summed E-state index contributed by atoms with van der Waals surface area (Å²) in [5.74, 6) is 0. The van der Waals surface area contributed by atoms with Crippen LogP contribution >= 0.6 is 0 Å². The lowest BCUT2D eigenvalue weighted by molar-refractivity contribution is 1.02. The van der Waals surface area contributed by atoms with Crippen LogP contribution in [-0.2, 0) is 0 Å². The average molecular weight is 236 g/mol. The first kappa shape index (κ1) is 10.9. The molecule has 0 saturated heterocycles. The van der Waals surface area contributed by atoms with Gasteiger partial charge in [0, 0.05) is 29.6 Å². The molecule has 0 fully saturated rings. The Morgan fingerprint density at radius 1 is 0.944 bits per heavy atom. The van der Waals surface area contributed by atoms with Crippen LogP contribution in [0.1, 0.15) is 12.5 Å². The van der Waals surface area contributed by atoms with Crippen molar-refractivity contribution in [1.29, 1.82) is 0 Å². The highest BCUT2D eigenvalue weighted by atomic mass is 15.1. The fourth-order valence-corrected chi connectivity index (χ4v) is 2.67. The Morgan fingerprint density at radius 2 is 1.56 bits per heavy atom. The first-order valence-corrected chi connectivity index (χ1v) is 6.25. The molecule has 2 aromatic carbocycles. The number of fused-ring (bicyclic) bond motifs is 3. The van der Waals surface area contributed by atoms with Gasteiger partial charge in [-0.3, -0.25) is 0 Å². The molecule has 2 aromatic rings. The molecule has 0 atom stereocenters. The van der Waals surface area contributed by atoms with E-state index < -0.39 is 0 Å². The zero-order valence-electron chi connectivity index (χ0n) is 10.4. The minimum Gasteiger partial charge on any atom is -0.403 e. The molecule has 2 N–H and O–H groups in total. The number of benzene rings is 2. The summed E-state index contributed by atoms with van der Waals surface area (Å²) in [6.45, 7) is 3.06. The molecule has 0 bridgehead atoms. The lowest BCUT2D eigenvalue weighted by Gasteiger charge is -2.34. The fourth-order valence-electron chi connectivity index (χ4n) is 2.67. The van der Waals surface area contributed by atoms with Crippen molar-refractivity contribution in [3.63, 3.8) is 0 Å². The van der Waals surface area contributed by atoms with Gasteiger partial charge < -0.3 is 10.6 Å². The molecule has 0 aromatic heterocycles. The van der Waals surface area contributed by atoms with Crippen LogP contribution in [0.4, 0.5) is 5.69 Å². The molecule has 0 unspecified atom stereocenters. The Kier molecular flexibility index (Phi) is 2.56. The topological polar surface area (TPSA) is 29.3 Å². The summed E-state index contributed by atoms with van der Waals surface area (Å²) in [5.41, 5.74) is 11.9. The lowest BCUT2D eigenvalue weighted by Crippen LogP contribution is -2.25. The molecule has 18 heavy (non-hydrogen) atoms. The van der Waals surface area contributed by atoms with E-state index >= 15 is 0 Å². The second-order valence-corrected chi connectivity index (χ2v) is 4.36. The summed E-state index contributed by atoms with van der Waals surface area (Å²) in [6, 6.07) is 16.9. The van der Waals surface area contributed by atoms with Gasteiger partial charge in [-0.1, -0.05) is 42.5 Å². The van der Waals surface area contributed by atoms with E-state index in [0.717, 1.165) is 12.2 Å². The Labute approximate surface area is 107 Å².